The van der Waals surface area contributed by atoms with E-state index in [-0.39, 0.29) is 0 Å². The van der Waals surface area contributed by atoms with Crippen molar-refractivity contribution in [2.45, 2.75) is 44.1 Å². The standard InChI is InChI=1S/C16H21NO4S/c1-16(2,3)21-15(18)17-22(19,12-13-8-7-11-20-13)14-9-5-4-6-10-14/h4-6,9-10,12H,7-8,11H2,1-3H3/b13-12-. The average Bonchev–Trinajstić information content (AvgIpc) is 2.90. The Bertz CT molecular complexity index is 672. The third-order valence-electron chi connectivity index (χ3n) is 2.83. The summed E-state index contributed by atoms with van der Waals surface area (Å²) in [6, 6.07) is 8.70. The molecule has 5 nitrogen and oxygen atoms in total. The molecule has 1 fully saturated rings. The fourth-order valence-corrected chi connectivity index (χ4v) is 3.59. The molecule has 0 N–H and O–H groups in total. The highest BCUT2D eigenvalue weighted by atomic mass is 32.2. The summed E-state index contributed by atoms with van der Waals surface area (Å²) in [4.78, 5) is 12.4. The molecule has 1 aromatic carbocycles. The third kappa shape index (κ3) is 4.59. The molecule has 1 aromatic rings. The van der Waals surface area contributed by atoms with Gasteiger partial charge in [0.25, 0.3) is 0 Å². The normalized spacial score (nSPS) is 19.3. The van der Waals surface area contributed by atoms with Gasteiger partial charge in [-0.25, -0.2) is 9.00 Å². The SMILES string of the molecule is CC(C)(C)OC(=O)N=S(=O)(/C=C1/CCCO1)c1ccccc1. The fourth-order valence-electron chi connectivity index (χ4n) is 1.95. The Morgan fingerprint density at radius 3 is 2.55 bits per heavy atom. The van der Waals surface area contributed by atoms with Crippen molar-refractivity contribution in [3.8, 4) is 0 Å². The van der Waals surface area contributed by atoms with E-state index in [1.165, 1.54) is 5.41 Å². The van der Waals surface area contributed by atoms with Crippen molar-refractivity contribution in [1.82, 2.24) is 0 Å². The zero-order valence-electron chi connectivity index (χ0n) is 13.1. The quantitative estimate of drug-likeness (QED) is 0.822. The van der Waals surface area contributed by atoms with E-state index in [0.29, 0.717) is 23.7 Å². The molecule has 120 valence electrons. The van der Waals surface area contributed by atoms with Crippen molar-refractivity contribution in [3.63, 3.8) is 0 Å². The maximum absolute atomic E-state index is 13.2. The zero-order valence-corrected chi connectivity index (χ0v) is 13.9. The number of hydrogen-bond donors (Lipinski definition) is 0. The Hall–Kier alpha value is -1.82. The molecule has 1 atom stereocenters. The van der Waals surface area contributed by atoms with Crippen molar-refractivity contribution >= 4 is 15.8 Å². The van der Waals surface area contributed by atoms with E-state index in [2.05, 4.69) is 4.36 Å². The molecule has 0 saturated carbocycles. The number of carbonyl (C=O) groups is 1. The fraction of sp³-hybridized carbons (Fsp3) is 0.438. The molecule has 6 heteroatoms. The Balaban J connectivity index is 2.44. The van der Waals surface area contributed by atoms with Crippen LogP contribution in [-0.2, 0) is 19.2 Å². The molecule has 1 unspecified atom stereocenters. The van der Waals surface area contributed by atoms with E-state index < -0.39 is 21.4 Å². The predicted octanol–water partition coefficient (Wildman–Crippen LogP) is 4.10. The molecule has 1 saturated heterocycles. The molecule has 0 aromatic heterocycles. The second-order valence-corrected chi connectivity index (χ2v) is 8.02. The lowest BCUT2D eigenvalue weighted by Crippen LogP contribution is -2.22. The van der Waals surface area contributed by atoms with Crippen LogP contribution in [0.2, 0.25) is 0 Å². The summed E-state index contributed by atoms with van der Waals surface area (Å²) in [5.74, 6) is 0.612. The molecule has 0 radical (unpaired) electrons. The second-order valence-electron chi connectivity index (χ2n) is 5.99. The molecule has 0 bridgehead atoms. The highest BCUT2D eigenvalue weighted by molar-refractivity contribution is 7.96. The van der Waals surface area contributed by atoms with Gasteiger partial charge in [0.2, 0.25) is 0 Å². The Morgan fingerprint density at radius 1 is 1.32 bits per heavy atom. The molecule has 0 spiro atoms. The molecular formula is C16H21NO4S. The summed E-state index contributed by atoms with van der Waals surface area (Å²) in [7, 11) is -3.06. The first-order valence-corrected chi connectivity index (χ1v) is 8.75. The lowest BCUT2D eigenvalue weighted by Gasteiger charge is -2.17. The van der Waals surface area contributed by atoms with E-state index in [4.69, 9.17) is 9.47 Å². The molecule has 1 aliphatic heterocycles. The van der Waals surface area contributed by atoms with Crippen LogP contribution in [0.1, 0.15) is 33.6 Å². The smallest absolute Gasteiger partial charge is 0.442 e. The van der Waals surface area contributed by atoms with Crippen LogP contribution in [0.5, 0.6) is 0 Å². The van der Waals surface area contributed by atoms with E-state index >= 15 is 0 Å². The van der Waals surface area contributed by atoms with Crippen molar-refractivity contribution in [2.24, 2.45) is 4.36 Å². The van der Waals surface area contributed by atoms with Gasteiger partial charge in [-0.1, -0.05) is 18.2 Å². The van der Waals surface area contributed by atoms with Gasteiger partial charge in [-0.2, -0.15) is 0 Å². The van der Waals surface area contributed by atoms with E-state index in [1.807, 2.05) is 6.07 Å². The van der Waals surface area contributed by atoms with Gasteiger partial charge in [0, 0.05) is 6.42 Å². The first kappa shape index (κ1) is 16.5. The first-order valence-electron chi connectivity index (χ1n) is 7.17. The van der Waals surface area contributed by atoms with Gasteiger partial charge in [0.1, 0.15) is 21.1 Å². The number of nitrogens with zero attached hydrogens (tertiary/aromatic N) is 1. The Labute approximate surface area is 131 Å². The van der Waals surface area contributed by atoms with Crippen LogP contribution >= 0.6 is 0 Å². The van der Waals surface area contributed by atoms with Crippen LogP contribution in [0.4, 0.5) is 4.79 Å². The molecule has 1 heterocycles. The second kappa shape index (κ2) is 6.52. The molecule has 2 rings (SSSR count). The van der Waals surface area contributed by atoms with Crippen LogP contribution in [0.15, 0.2) is 50.8 Å². The number of benzene rings is 1. The minimum atomic E-state index is -3.06. The van der Waals surface area contributed by atoms with E-state index in [0.717, 1.165) is 6.42 Å². The zero-order chi connectivity index (χ0) is 16.2. The summed E-state index contributed by atoms with van der Waals surface area (Å²) >= 11 is 0. The largest absolute Gasteiger partial charge is 0.497 e. The number of ether oxygens (including phenoxy) is 2. The highest BCUT2D eigenvalue weighted by Crippen LogP contribution is 2.23. The van der Waals surface area contributed by atoms with Gasteiger partial charge >= 0.3 is 6.09 Å². The van der Waals surface area contributed by atoms with Crippen LogP contribution in [-0.4, -0.2) is 22.5 Å². The van der Waals surface area contributed by atoms with Crippen molar-refractivity contribution in [2.75, 3.05) is 6.61 Å². The number of hydrogen-bond acceptors (Lipinski definition) is 4. The Kier molecular flexibility index (Phi) is 4.90. The molecule has 1 aliphatic rings. The highest BCUT2D eigenvalue weighted by Gasteiger charge is 2.21. The third-order valence-corrected chi connectivity index (χ3v) is 4.78. The monoisotopic (exact) mass is 323 g/mol. The number of amides is 1. The first-order chi connectivity index (χ1) is 10.3. The minimum Gasteiger partial charge on any atom is -0.497 e. The van der Waals surface area contributed by atoms with Crippen LogP contribution in [0.25, 0.3) is 0 Å². The number of carbonyl (C=O) groups excluding carboxylic acids is 1. The van der Waals surface area contributed by atoms with Gasteiger partial charge < -0.3 is 9.47 Å². The summed E-state index contributed by atoms with van der Waals surface area (Å²) < 4.78 is 27.6. The van der Waals surface area contributed by atoms with Gasteiger partial charge in [-0.05, 0) is 39.3 Å². The summed E-state index contributed by atoms with van der Waals surface area (Å²) in [6.07, 6.45) is 0.743. The van der Waals surface area contributed by atoms with Crippen LogP contribution in [0.3, 0.4) is 0 Å². The number of allylic oxidation sites excluding steroid dienone is 1. The lowest BCUT2D eigenvalue weighted by molar-refractivity contribution is 0.0607. The van der Waals surface area contributed by atoms with Gasteiger partial charge in [0.15, 0.2) is 0 Å². The van der Waals surface area contributed by atoms with Crippen molar-refractivity contribution in [1.29, 1.82) is 0 Å². The summed E-state index contributed by atoms with van der Waals surface area (Å²) in [6.45, 7) is 5.82. The van der Waals surface area contributed by atoms with Gasteiger partial charge in [0.05, 0.1) is 16.9 Å². The van der Waals surface area contributed by atoms with Crippen LogP contribution in [0, 0.1) is 0 Å². The Morgan fingerprint density at radius 2 is 2.00 bits per heavy atom. The van der Waals surface area contributed by atoms with E-state index in [9.17, 15) is 9.00 Å². The summed E-state index contributed by atoms with van der Waals surface area (Å²) in [5, 5.41) is 1.46. The predicted molar refractivity (Wildman–Crippen MR) is 84.8 cm³/mol. The average molecular weight is 323 g/mol. The molecule has 1 amide bonds. The van der Waals surface area contributed by atoms with Gasteiger partial charge in [-0.15, -0.1) is 4.36 Å². The minimum absolute atomic E-state index is 0.462. The van der Waals surface area contributed by atoms with Crippen molar-refractivity contribution in [3.05, 3.63) is 41.5 Å². The lowest BCUT2D eigenvalue weighted by atomic mass is 10.2. The topological polar surface area (TPSA) is 65.0 Å². The maximum atomic E-state index is 13.2. The van der Waals surface area contributed by atoms with E-state index in [1.54, 1.807) is 45.0 Å². The summed E-state index contributed by atoms with van der Waals surface area (Å²) in [5.41, 5.74) is -0.686. The van der Waals surface area contributed by atoms with Crippen LogP contribution < -0.4 is 0 Å². The van der Waals surface area contributed by atoms with Gasteiger partial charge in [-0.3, -0.25) is 0 Å². The van der Waals surface area contributed by atoms with Crippen molar-refractivity contribution < 1.29 is 18.5 Å². The maximum Gasteiger partial charge on any atom is 0.442 e. The molecular weight excluding hydrogens is 302 g/mol. The number of rotatable bonds is 2. The molecule has 0 aliphatic carbocycles. The molecule has 22 heavy (non-hydrogen) atoms.